The molecule has 0 amide bonds. The van der Waals surface area contributed by atoms with Gasteiger partial charge in [-0.15, -0.1) is 0 Å². The zero-order valence-corrected chi connectivity index (χ0v) is 23.5. The van der Waals surface area contributed by atoms with Gasteiger partial charge >= 0.3 is 5.97 Å². The van der Waals surface area contributed by atoms with Crippen molar-refractivity contribution < 1.29 is 31.8 Å². The van der Waals surface area contributed by atoms with Gasteiger partial charge in [0.15, 0.2) is 5.79 Å². The number of rotatable bonds is 10. The Bertz CT molecular complexity index is 1260. The second kappa shape index (κ2) is 12.3. The van der Waals surface area contributed by atoms with Gasteiger partial charge in [-0.25, -0.2) is 22.8 Å². The van der Waals surface area contributed by atoms with Crippen molar-refractivity contribution in [1.29, 1.82) is 0 Å². The first kappa shape index (κ1) is 29.7. The number of benzene rings is 1. The smallest absolute Gasteiger partial charge is 0.308 e. The molecule has 1 aromatic heterocycles. The summed E-state index contributed by atoms with van der Waals surface area (Å²) in [5.41, 5.74) is 2.31. The molecule has 9 nitrogen and oxygen atoms in total. The maximum atomic E-state index is 13.7. The molecule has 0 bridgehead atoms. The van der Waals surface area contributed by atoms with E-state index in [-0.39, 0.29) is 30.0 Å². The highest BCUT2D eigenvalue weighted by Crippen LogP contribution is 2.33. The third-order valence-electron chi connectivity index (χ3n) is 5.82. The number of halogens is 1. The minimum absolute atomic E-state index is 0.0509. The van der Waals surface area contributed by atoms with Crippen LogP contribution in [-0.4, -0.2) is 54.7 Å². The van der Waals surface area contributed by atoms with E-state index in [4.69, 9.17) is 14.2 Å². The van der Waals surface area contributed by atoms with Gasteiger partial charge in [-0.1, -0.05) is 26.0 Å². The van der Waals surface area contributed by atoms with Crippen molar-refractivity contribution in [2.75, 3.05) is 17.1 Å². The number of nitrogens with one attached hydrogen (secondary N) is 1. The zero-order valence-electron chi connectivity index (χ0n) is 22.7. The van der Waals surface area contributed by atoms with Crippen molar-refractivity contribution in [2.24, 2.45) is 0 Å². The second-order valence-corrected chi connectivity index (χ2v) is 11.8. The number of hydrogen-bond acceptors (Lipinski definition) is 8. The fourth-order valence-corrected chi connectivity index (χ4v) is 4.69. The third-order valence-corrected chi connectivity index (χ3v) is 7.08. The van der Waals surface area contributed by atoms with E-state index in [1.807, 2.05) is 26.0 Å². The van der Waals surface area contributed by atoms with Gasteiger partial charge in [-0.3, -0.25) is 9.52 Å². The molecule has 1 aliphatic heterocycles. The highest BCUT2D eigenvalue weighted by atomic mass is 32.2. The molecule has 11 heteroatoms. The first-order chi connectivity index (χ1) is 17.8. The SMILES string of the molecule is CCOC(=O)C[C@H]1C[C@@H](/C=C/c2c(-c3ccc(F)cc3)nc(NS(=O)(=O)CC)nc2C(C)C)OC(C)(C)O1. The number of esters is 1. The number of nitrogens with zero attached hydrogens (tertiary/aromatic N) is 2. The summed E-state index contributed by atoms with van der Waals surface area (Å²) in [7, 11) is -3.62. The van der Waals surface area contributed by atoms with E-state index >= 15 is 0 Å². The van der Waals surface area contributed by atoms with Crippen LogP contribution < -0.4 is 4.72 Å². The van der Waals surface area contributed by atoms with Crippen LogP contribution in [0.5, 0.6) is 0 Å². The minimum Gasteiger partial charge on any atom is -0.466 e. The highest BCUT2D eigenvalue weighted by Gasteiger charge is 2.35. The van der Waals surface area contributed by atoms with E-state index in [1.165, 1.54) is 19.1 Å². The Balaban J connectivity index is 2.04. The van der Waals surface area contributed by atoms with Crippen molar-refractivity contribution in [3.05, 3.63) is 47.4 Å². The lowest BCUT2D eigenvalue weighted by Gasteiger charge is -2.39. The minimum atomic E-state index is -3.62. The molecule has 2 aromatic rings. The molecule has 1 N–H and O–H groups in total. The molecule has 1 aliphatic rings. The van der Waals surface area contributed by atoms with Crippen molar-refractivity contribution in [3.63, 3.8) is 0 Å². The van der Waals surface area contributed by atoms with E-state index in [0.717, 1.165) is 0 Å². The van der Waals surface area contributed by atoms with Gasteiger partial charge in [0.05, 0.1) is 42.4 Å². The molecule has 2 atom stereocenters. The molecule has 1 aromatic carbocycles. The van der Waals surface area contributed by atoms with Gasteiger partial charge in [-0.2, -0.15) is 0 Å². The molecular weight excluding hydrogens is 513 g/mol. The maximum Gasteiger partial charge on any atom is 0.308 e. The molecule has 38 heavy (non-hydrogen) atoms. The molecular formula is C27H36FN3O6S. The zero-order chi connectivity index (χ0) is 28.1. The molecule has 1 saturated heterocycles. The summed E-state index contributed by atoms with van der Waals surface area (Å²) in [5, 5.41) is 0. The van der Waals surface area contributed by atoms with Crippen LogP contribution in [0.1, 0.15) is 71.6 Å². The first-order valence-corrected chi connectivity index (χ1v) is 14.4. The van der Waals surface area contributed by atoms with Crippen LogP contribution in [0, 0.1) is 5.82 Å². The summed E-state index contributed by atoms with van der Waals surface area (Å²) in [6.07, 6.45) is 3.44. The summed E-state index contributed by atoms with van der Waals surface area (Å²) >= 11 is 0. The Kier molecular flexibility index (Phi) is 9.61. The molecule has 3 rings (SSSR count). The lowest BCUT2D eigenvalue weighted by Crippen LogP contribution is -2.44. The van der Waals surface area contributed by atoms with E-state index in [1.54, 1.807) is 32.9 Å². The summed E-state index contributed by atoms with van der Waals surface area (Å²) in [6, 6.07) is 5.81. The van der Waals surface area contributed by atoms with E-state index in [0.29, 0.717) is 35.5 Å². The Morgan fingerprint density at radius 3 is 2.50 bits per heavy atom. The predicted octanol–water partition coefficient (Wildman–Crippen LogP) is 5.04. The Morgan fingerprint density at radius 2 is 1.89 bits per heavy atom. The third kappa shape index (κ3) is 8.05. The number of ether oxygens (including phenoxy) is 3. The van der Waals surface area contributed by atoms with Gasteiger partial charge in [0.2, 0.25) is 16.0 Å². The molecule has 2 heterocycles. The first-order valence-electron chi connectivity index (χ1n) is 12.7. The Morgan fingerprint density at radius 1 is 1.21 bits per heavy atom. The van der Waals surface area contributed by atoms with Crippen LogP contribution >= 0.6 is 0 Å². The molecule has 1 fully saturated rings. The van der Waals surface area contributed by atoms with Crippen molar-refractivity contribution in [2.45, 2.75) is 78.3 Å². The number of anilines is 1. The van der Waals surface area contributed by atoms with Gasteiger partial charge in [0.1, 0.15) is 5.82 Å². The lowest BCUT2D eigenvalue weighted by molar-refractivity contribution is -0.290. The van der Waals surface area contributed by atoms with Gasteiger partial charge in [-0.05, 0) is 57.9 Å². The summed E-state index contributed by atoms with van der Waals surface area (Å²) < 4.78 is 57.7. The lowest BCUT2D eigenvalue weighted by atomic mass is 9.97. The highest BCUT2D eigenvalue weighted by molar-refractivity contribution is 7.92. The van der Waals surface area contributed by atoms with Gasteiger partial charge in [0.25, 0.3) is 0 Å². The van der Waals surface area contributed by atoms with Crippen molar-refractivity contribution >= 4 is 28.0 Å². The predicted molar refractivity (Wildman–Crippen MR) is 143 cm³/mol. The quantitative estimate of drug-likeness (QED) is 0.410. The number of carbonyl (C=O) groups is 1. The fourth-order valence-electron chi connectivity index (χ4n) is 4.18. The standard InChI is InChI=1S/C27H36FN3O6S/c1-7-35-23(32)16-21-15-20(36-27(5,6)37-21)13-14-22-24(17(3)4)29-26(31-38(33,34)8-2)30-25(22)18-9-11-19(28)12-10-18/h9-14,17,20-21H,7-8,15-16H2,1-6H3,(H,29,30,31)/b14-13+/t20-,21-/m1/s1. The summed E-state index contributed by atoms with van der Waals surface area (Å²) in [4.78, 5) is 21.1. The monoisotopic (exact) mass is 549 g/mol. The summed E-state index contributed by atoms with van der Waals surface area (Å²) in [5.74, 6) is -1.94. The molecule has 208 valence electrons. The van der Waals surface area contributed by atoms with Crippen LogP contribution in [0.2, 0.25) is 0 Å². The molecule has 0 aliphatic carbocycles. The number of aromatic nitrogens is 2. The van der Waals surface area contributed by atoms with Crippen LogP contribution in [0.15, 0.2) is 30.3 Å². The maximum absolute atomic E-state index is 13.7. The van der Waals surface area contributed by atoms with Gasteiger partial charge < -0.3 is 14.2 Å². The average Bonchev–Trinajstić information content (AvgIpc) is 2.82. The van der Waals surface area contributed by atoms with E-state index in [9.17, 15) is 17.6 Å². The normalized spacial score (nSPS) is 19.6. The topological polar surface area (TPSA) is 117 Å². The van der Waals surface area contributed by atoms with Crippen LogP contribution in [0.25, 0.3) is 17.3 Å². The van der Waals surface area contributed by atoms with Crippen LogP contribution in [0.3, 0.4) is 0 Å². The Hall–Kier alpha value is -2.89. The van der Waals surface area contributed by atoms with Crippen molar-refractivity contribution in [1.82, 2.24) is 9.97 Å². The van der Waals surface area contributed by atoms with Crippen molar-refractivity contribution in [3.8, 4) is 11.3 Å². The number of sulfonamides is 1. The molecule has 0 unspecified atom stereocenters. The number of carbonyl (C=O) groups excluding carboxylic acids is 1. The summed E-state index contributed by atoms with van der Waals surface area (Å²) in [6.45, 7) is 11.0. The van der Waals surface area contributed by atoms with E-state index < -0.39 is 33.8 Å². The second-order valence-electron chi connectivity index (χ2n) is 9.76. The Labute approximate surface area is 223 Å². The van der Waals surface area contributed by atoms with Crippen LogP contribution in [0.4, 0.5) is 10.3 Å². The number of hydrogen-bond donors (Lipinski definition) is 1. The van der Waals surface area contributed by atoms with Gasteiger partial charge in [0, 0.05) is 17.5 Å². The molecule has 0 spiro atoms. The average molecular weight is 550 g/mol. The molecule has 0 radical (unpaired) electrons. The fraction of sp³-hybridized carbons (Fsp3) is 0.519. The molecule has 0 saturated carbocycles. The van der Waals surface area contributed by atoms with Crippen LogP contribution in [-0.2, 0) is 29.0 Å². The van der Waals surface area contributed by atoms with E-state index in [2.05, 4.69) is 14.7 Å². The largest absolute Gasteiger partial charge is 0.466 e.